The summed E-state index contributed by atoms with van der Waals surface area (Å²) in [7, 11) is 1.61. The molecule has 0 spiro atoms. The lowest BCUT2D eigenvalue weighted by Crippen LogP contribution is -2.46. The molecule has 0 radical (unpaired) electrons. The summed E-state index contributed by atoms with van der Waals surface area (Å²) in [6.45, 7) is 2.13. The van der Waals surface area contributed by atoms with Gasteiger partial charge < -0.3 is 19.9 Å². The highest BCUT2D eigenvalue weighted by atomic mass is 35.5. The highest BCUT2D eigenvalue weighted by Gasteiger charge is 2.32. The van der Waals surface area contributed by atoms with E-state index < -0.39 is 17.5 Å². The van der Waals surface area contributed by atoms with Crippen LogP contribution in [0.4, 0.5) is 14.5 Å². The number of rotatable bonds is 5. The average Bonchev–Trinajstić information content (AvgIpc) is 3.27. The van der Waals surface area contributed by atoms with Crippen LogP contribution in [0.15, 0.2) is 36.4 Å². The molecule has 0 bridgehead atoms. The van der Waals surface area contributed by atoms with E-state index in [0.29, 0.717) is 43.6 Å². The van der Waals surface area contributed by atoms with Crippen LogP contribution in [0.1, 0.15) is 29.6 Å². The standard InChI is InChI=1S/C24H26ClF2N3O3/c1-33-22-5-2-16(25)12-21(22)30-11-8-18(14-30)28-23(31)15-6-9-29(10-7-15)24(32)19-4-3-17(26)13-20(19)27/h2-5,12-13,15,18H,6-11,14H2,1H3,(H,28,31). The van der Waals surface area contributed by atoms with Gasteiger partial charge in [-0.05, 0) is 49.6 Å². The van der Waals surface area contributed by atoms with E-state index in [0.717, 1.165) is 36.5 Å². The number of amides is 2. The van der Waals surface area contributed by atoms with Crippen molar-refractivity contribution in [3.63, 3.8) is 0 Å². The van der Waals surface area contributed by atoms with Crippen LogP contribution in [0.2, 0.25) is 5.02 Å². The molecule has 0 aromatic heterocycles. The minimum absolute atomic E-state index is 0.00848. The SMILES string of the molecule is COc1ccc(Cl)cc1N1CCC(NC(=O)C2CCN(C(=O)c3ccc(F)cc3F)CC2)C1. The zero-order chi connectivity index (χ0) is 23.5. The van der Waals surface area contributed by atoms with Gasteiger partial charge in [-0.2, -0.15) is 0 Å². The van der Waals surface area contributed by atoms with Gasteiger partial charge in [0.25, 0.3) is 5.91 Å². The molecule has 0 aliphatic carbocycles. The van der Waals surface area contributed by atoms with Gasteiger partial charge in [-0.3, -0.25) is 9.59 Å². The molecule has 2 aromatic rings. The quantitative estimate of drug-likeness (QED) is 0.710. The maximum absolute atomic E-state index is 13.9. The maximum atomic E-state index is 13.9. The summed E-state index contributed by atoms with van der Waals surface area (Å²) in [5, 5.41) is 3.76. The van der Waals surface area contributed by atoms with Gasteiger partial charge in [0, 0.05) is 49.2 Å². The van der Waals surface area contributed by atoms with Gasteiger partial charge in [0.1, 0.15) is 17.4 Å². The molecule has 9 heteroatoms. The van der Waals surface area contributed by atoms with E-state index in [1.807, 2.05) is 12.1 Å². The number of halogens is 3. The monoisotopic (exact) mass is 477 g/mol. The van der Waals surface area contributed by atoms with Gasteiger partial charge in [0.15, 0.2) is 0 Å². The fraction of sp³-hybridized carbons (Fsp3) is 0.417. The Hall–Kier alpha value is -2.87. The fourth-order valence-corrected chi connectivity index (χ4v) is 4.67. The van der Waals surface area contributed by atoms with Crippen LogP contribution in [0.25, 0.3) is 0 Å². The number of hydrogen-bond acceptors (Lipinski definition) is 4. The van der Waals surface area contributed by atoms with Gasteiger partial charge in [0.05, 0.1) is 18.4 Å². The van der Waals surface area contributed by atoms with Crippen molar-refractivity contribution in [3.8, 4) is 5.75 Å². The van der Waals surface area contributed by atoms with Gasteiger partial charge in [-0.1, -0.05) is 11.6 Å². The summed E-state index contributed by atoms with van der Waals surface area (Å²) in [5.41, 5.74) is 0.753. The zero-order valence-corrected chi connectivity index (χ0v) is 19.1. The number of carbonyl (C=O) groups is 2. The lowest BCUT2D eigenvalue weighted by molar-refractivity contribution is -0.126. The average molecular weight is 478 g/mol. The number of nitrogens with one attached hydrogen (secondary N) is 1. The Morgan fingerprint density at radius 2 is 1.82 bits per heavy atom. The minimum Gasteiger partial charge on any atom is -0.495 e. The highest BCUT2D eigenvalue weighted by molar-refractivity contribution is 6.31. The molecule has 1 N–H and O–H groups in total. The summed E-state index contributed by atoms with van der Waals surface area (Å²) in [6.07, 6.45) is 1.81. The predicted octanol–water partition coefficient (Wildman–Crippen LogP) is 3.87. The van der Waals surface area contributed by atoms with E-state index in [9.17, 15) is 18.4 Å². The Bertz CT molecular complexity index is 1040. The molecular weight excluding hydrogens is 452 g/mol. The summed E-state index contributed by atoms with van der Waals surface area (Å²) in [5.74, 6) is -1.57. The number of likely N-dealkylation sites (tertiary alicyclic amines) is 1. The Labute approximate surface area is 196 Å². The van der Waals surface area contributed by atoms with E-state index in [1.54, 1.807) is 13.2 Å². The number of anilines is 1. The molecule has 2 aliphatic rings. The minimum atomic E-state index is -0.873. The second-order valence-corrected chi connectivity index (χ2v) is 8.88. The Morgan fingerprint density at radius 1 is 1.06 bits per heavy atom. The molecule has 2 fully saturated rings. The zero-order valence-electron chi connectivity index (χ0n) is 18.3. The lowest BCUT2D eigenvalue weighted by atomic mass is 9.95. The summed E-state index contributed by atoms with van der Waals surface area (Å²) < 4.78 is 32.5. The van der Waals surface area contributed by atoms with Crippen molar-refractivity contribution in [1.82, 2.24) is 10.2 Å². The first-order chi connectivity index (χ1) is 15.9. The van der Waals surface area contributed by atoms with Crippen molar-refractivity contribution >= 4 is 29.1 Å². The molecule has 2 aliphatic heterocycles. The third kappa shape index (κ3) is 5.21. The van der Waals surface area contributed by atoms with E-state index in [2.05, 4.69) is 10.2 Å². The first kappa shape index (κ1) is 23.3. The number of methoxy groups -OCH3 is 1. The molecule has 2 amide bonds. The topological polar surface area (TPSA) is 61.9 Å². The number of carbonyl (C=O) groups excluding carboxylic acids is 2. The van der Waals surface area contributed by atoms with Crippen LogP contribution in [0.5, 0.6) is 5.75 Å². The van der Waals surface area contributed by atoms with Crippen LogP contribution in [-0.4, -0.2) is 56.0 Å². The molecule has 2 saturated heterocycles. The van der Waals surface area contributed by atoms with Crippen LogP contribution < -0.4 is 15.0 Å². The van der Waals surface area contributed by atoms with E-state index in [4.69, 9.17) is 16.3 Å². The summed E-state index contributed by atoms with van der Waals surface area (Å²) in [4.78, 5) is 29.1. The number of ether oxygens (including phenoxy) is 1. The molecule has 1 atom stereocenters. The van der Waals surface area contributed by atoms with Crippen LogP contribution in [-0.2, 0) is 4.79 Å². The van der Waals surface area contributed by atoms with Crippen molar-refractivity contribution in [2.24, 2.45) is 5.92 Å². The van der Waals surface area contributed by atoms with Gasteiger partial charge in [-0.15, -0.1) is 0 Å². The molecule has 2 heterocycles. The lowest BCUT2D eigenvalue weighted by Gasteiger charge is -2.32. The Morgan fingerprint density at radius 3 is 2.52 bits per heavy atom. The normalized spacial score (nSPS) is 19.0. The third-order valence-electron chi connectivity index (χ3n) is 6.33. The molecule has 6 nitrogen and oxygen atoms in total. The van der Waals surface area contributed by atoms with E-state index >= 15 is 0 Å². The molecule has 33 heavy (non-hydrogen) atoms. The van der Waals surface area contributed by atoms with Crippen molar-refractivity contribution in [3.05, 3.63) is 58.6 Å². The molecule has 2 aromatic carbocycles. The summed E-state index contributed by atoms with van der Waals surface area (Å²) in [6, 6.07) is 8.41. The predicted molar refractivity (Wildman–Crippen MR) is 122 cm³/mol. The molecule has 1 unspecified atom stereocenters. The van der Waals surface area contributed by atoms with Gasteiger partial charge in [0.2, 0.25) is 5.91 Å². The van der Waals surface area contributed by atoms with Gasteiger partial charge in [-0.25, -0.2) is 8.78 Å². The van der Waals surface area contributed by atoms with Crippen molar-refractivity contribution in [2.75, 3.05) is 38.2 Å². The Balaban J connectivity index is 1.29. The second-order valence-electron chi connectivity index (χ2n) is 8.45. The van der Waals surface area contributed by atoms with Crippen molar-refractivity contribution < 1.29 is 23.1 Å². The van der Waals surface area contributed by atoms with E-state index in [1.165, 1.54) is 4.90 Å². The molecular formula is C24H26ClF2N3O3. The summed E-state index contributed by atoms with van der Waals surface area (Å²) >= 11 is 6.15. The fourth-order valence-electron chi connectivity index (χ4n) is 4.50. The highest BCUT2D eigenvalue weighted by Crippen LogP contribution is 2.33. The number of nitrogens with zero attached hydrogens (tertiary/aromatic N) is 2. The molecule has 4 rings (SSSR count). The number of piperidine rings is 1. The van der Waals surface area contributed by atoms with Crippen LogP contribution in [0.3, 0.4) is 0 Å². The molecule has 176 valence electrons. The van der Waals surface area contributed by atoms with Crippen LogP contribution in [0, 0.1) is 17.6 Å². The van der Waals surface area contributed by atoms with Crippen molar-refractivity contribution in [2.45, 2.75) is 25.3 Å². The second kappa shape index (κ2) is 9.95. The van der Waals surface area contributed by atoms with Crippen molar-refractivity contribution in [1.29, 1.82) is 0 Å². The van der Waals surface area contributed by atoms with E-state index in [-0.39, 0.29) is 23.4 Å². The maximum Gasteiger partial charge on any atom is 0.256 e. The molecule has 0 saturated carbocycles. The van der Waals surface area contributed by atoms with Crippen LogP contribution >= 0.6 is 11.6 Å². The smallest absolute Gasteiger partial charge is 0.256 e. The Kier molecular flexibility index (Phi) is 7.02. The van der Waals surface area contributed by atoms with Gasteiger partial charge >= 0.3 is 0 Å². The number of benzene rings is 2. The third-order valence-corrected chi connectivity index (χ3v) is 6.57. The first-order valence-electron chi connectivity index (χ1n) is 11.0. The number of hydrogen-bond donors (Lipinski definition) is 1. The first-order valence-corrected chi connectivity index (χ1v) is 11.4. The largest absolute Gasteiger partial charge is 0.495 e.